The van der Waals surface area contributed by atoms with Crippen LogP contribution in [0.5, 0.6) is 11.5 Å². The summed E-state index contributed by atoms with van der Waals surface area (Å²) in [5.41, 5.74) is 2.61. The quantitative estimate of drug-likeness (QED) is 0.882. The maximum atomic E-state index is 12.2. The summed E-state index contributed by atoms with van der Waals surface area (Å²) in [6, 6.07) is 15.9. The Morgan fingerprint density at radius 2 is 1.88 bits per heavy atom. The average Bonchev–Trinajstić information content (AvgIpc) is 2.63. The maximum absolute atomic E-state index is 12.2. The number of hydrogen-bond donors (Lipinski definition) is 1. The largest absolute Gasteiger partial charge is 0.497 e. The number of benzene rings is 2. The van der Waals surface area contributed by atoms with Crippen LogP contribution < -0.4 is 14.8 Å². The first-order chi connectivity index (χ1) is 11.8. The van der Waals surface area contributed by atoms with Gasteiger partial charge in [-0.1, -0.05) is 24.3 Å². The molecule has 1 aliphatic carbocycles. The smallest absolute Gasteiger partial charge is 0.223 e. The molecule has 0 aromatic heterocycles. The third kappa shape index (κ3) is 4.07. The number of hydrogen-bond acceptors (Lipinski definition) is 3. The average molecular weight is 325 g/mol. The van der Waals surface area contributed by atoms with Gasteiger partial charge < -0.3 is 14.8 Å². The first-order valence-electron chi connectivity index (χ1n) is 8.40. The fraction of sp³-hybridized carbons (Fsp3) is 0.350. The molecule has 3 rings (SSSR count). The van der Waals surface area contributed by atoms with Crippen molar-refractivity contribution in [1.82, 2.24) is 5.32 Å². The van der Waals surface area contributed by atoms with Gasteiger partial charge in [0.15, 0.2) is 0 Å². The topological polar surface area (TPSA) is 47.6 Å². The van der Waals surface area contributed by atoms with Crippen LogP contribution in [-0.4, -0.2) is 19.6 Å². The van der Waals surface area contributed by atoms with Crippen molar-refractivity contribution in [2.75, 3.05) is 13.7 Å². The zero-order chi connectivity index (χ0) is 16.8. The molecule has 0 spiro atoms. The van der Waals surface area contributed by atoms with Crippen molar-refractivity contribution >= 4 is 5.91 Å². The summed E-state index contributed by atoms with van der Waals surface area (Å²) in [6.07, 6.45) is 3.57. The van der Waals surface area contributed by atoms with Gasteiger partial charge >= 0.3 is 0 Å². The molecule has 0 radical (unpaired) electrons. The summed E-state index contributed by atoms with van der Waals surface area (Å²) in [6.45, 7) is 0.368. The highest BCUT2D eigenvalue weighted by atomic mass is 16.5. The molecule has 2 aromatic carbocycles. The Labute approximate surface area is 142 Å². The molecule has 0 saturated carbocycles. The molecule has 1 unspecified atom stereocenters. The molecule has 0 aliphatic heterocycles. The zero-order valence-corrected chi connectivity index (χ0v) is 14.0. The highest BCUT2D eigenvalue weighted by Gasteiger charge is 2.21. The van der Waals surface area contributed by atoms with Crippen LogP contribution in [0, 0.1) is 0 Å². The third-order valence-corrected chi connectivity index (χ3v) is 4.36. The van der Waals surface area contributed by atoms with E-state index in [2.05, 4.69) is 23.5 Å². The minimum Gasteiger partial charge on any atom is -0.497 e. The Bertz CT molecular complexity index is 682. The van der Waals surface area contributed by atoms with E-state index in [0.29, 0.717) is 13.0 Å². The summed E-state index contributed by atoms with van der Waals surface area (Å²) < 4.78 is 10.7. The minimum atomic E-state index is 0.0326. The molecule has 0 saturated heterocycles. The Morgan fingerprint density at radius 1 is 1.12 bits per heavy atom. The highest BCUT2D eigenvalue weighted by Crippen LogP contribution is 2.29. The molecule has 1 amide bonds. The Kier molecular flexibility index (Phi) is 5.36. The second-order valence-electron chi connectivity index (χ2n) is 5.99. The summed E-state index contributed by atoms with van der Waals surface area (Å²) in [7, 11) is 1.63. The van der Waals surface area contributed by atoms with Gasteiger partial charge in [0.1, 0.15) is 11.5 Å². The van der Waals surface area contributed by atoms with Crippen molar-refractivity contribution in [3.05, 3.63) is 59.7 Å². The summed E-state index contributed by atoms with van der Waals surface area (Å²) in [4.78, 5) is 12.2. The van der Waals surface area contributed by atoms with Crippen molar-refractivity contribution in [3.8, 4) is 11.5 Å². The minimum absolute atomic E-state index is 0.0326. The van der Waals surface area contributed by atoms with E-state index in [1.165, 1.54) is 11.1 Å². The molecule has 0 heterocycles. The molecule has 4 nitrogen and oxygen atoms in total. The fourth-order valence-electron chi connectivity index (χ4n) is 3.10. The lowest BCUT2D eigenvalue weighted by Crippen LogP contribution is -2.31. The lowest BCUT2D eigenvalue weighted by atomic mass is 9.88. The van der Waals surface area contributed by atoms with Gasteiger partial charge in [-0.3, -0.25) is 4.79 Å². The molecule has 2 aromatic rings. The molecule has 1 aliphatic rings. The molecule has 4 heteroatoms. The lowest BCUT2D eigenvalue weighted by molar-refractivity contribution is -0.122. The van der Waals surface area contributed by atoms with E-state index in [4.69, 9.17) is 9.47 Å². The third-order valence-electron chi connectivity index (χ3n) is 4.36. The molecule has 1 atom stereocenters. The number of nitrogens with one attached hydrogen (secondary N) is 1. The summed E-state index contributed by atoms with van der Waals surface area (Å²) in [5, 5.41) is 3.14. The van der Waals surface area contributed by atoms with Gasteiger partial charge in [0.25, 0.3) is 0 Å². The molecule has 126 valence electrons. The number of amides is 1. The SMILES string of the molecule is COc1ccc(OCCC(=O)NC2CCCc3ccccc32)cc1. The summed E-state index contributed by atoms with van der Waals surface area (Å²) >= 11 is 0. The van der Waals surface area contributed by atoms with Gasteiger partial charge in [0.05, 0.1) is 26.2 Å². The van der Waals surface area contributed by atoms with Crippen LogP contribution in [0.2, 0.25) is 0 Å². The van der Waals surface area contributed by atoms with Crippen molar-refractivity contribution < 1.29 is 14.3 Å². The van der Waals surface area contributed by atoms with Gasteiger partial charge in [-0.05, 0) is 54.7 Å². The normalized spacial score (nSPS) is 16.1. The Hall–Kier alpha value is -2.49. The number of rotatable bonds is 6. The first kappa shape index (κ1) is 16.4. The Balaban J connectivity index is 1.48. The van der Waals surface area contributed by atoms with Gasteiger partial charge in [-0.15, -0.1) is 0 Å². The van der Waals surface area contributed by atoms with Crippen LogP contribution in [0.1, 0.15) is 36.4 Å². The molecule has 0 fully saturated rings. The predicted octanol–water partition coefficient (Wildman–Crippen LogP) is 3.66. The van der Waals surface area contributed by atoms with Crippen molar-refractivity contribution in [2.45, 2.75) is 31.7 Å². The van der Waals surface area contributed by atoms with E-state index in [-0.39, 0.29) is 11.9 Å². The maximum Gasteiger partial charge on any atom is 0.223 e. The van der Waals surface area contributed by atoms with E-state index >= 15 is 0 Å². The second-order valence-corrected chi connectivity index (χ2v) is 5.99. The first-order valence-corrected chi connectivity index (χ1v) is 8.40. The standard InChI is InChI=1S/C20H23NO3/c1-23-16-9-11-17(12-10-16)24-14-13-20(22)21-19-8-4-6-15-5-2-3-7-18(15)19/h2-3,5,7,9-12,19H,4,6,8,13-14H2,1H3,(H,21,22). The summed E-state index contributed by atoms with van der Waals surface area (Å²) in [5.74, 6) is 1.56. The molecule has 0 bridgehead atoms. The van der Waals surface area contributed by atoms with E-state index < -0.39 is 0 Å². The number of carbonyl (C=O) groups excluding carboxylic acids is 1. The number of fused-ring (bicyclic) bond motifs is 1. The van der Waals surface area contributed by atoms with Crippen LogP contribution in [0.15, 0.2) is 48.5 Å². The van der Waals surface area contributed by atoms with E-state index in [1.807, 2.05) is 30.3 Å². The molecule has 1 N–H and O–H groups in total. The van der Waals surface area contributed by atoms with Gasteiger partial charge in [-0.25, -0.2) is 0 Å². The number of carbonyl (C=O) groups is 1. The van der Waals surface area contributed by atoms with Crippen LogP contribution in [-0.2, 0) is 11.2 Å². The molecular weight excluding hydrogens is 302 g/mol. The van der Waals surface area contributed by atoms with E-state index in [9.17, 15) is 4.79 Å². The fourth-order valence-corrected chi connectivity index (χ4v) is 3.10. The monoisotopic (exact) mass is 325 g/mol. The highest BCUT2D eigenvalue weighted by molar-refractivity contribution is 5.76. The number of ether oxygens (including phenoxy) is 2. The molecule has 24 heavy (non-hydrogen) atoms. The van der Waals surface area contributed by atoms with Crippen LogP contribution in [0.3, 0.4) is 0 Å². The second kappa shape index (κ2) is 7.86. The number of methoxy groups -OCH3 is 1. The van der Waals surface area contributed by atoms with Crippen LogP contribution in [0.4, 0.5) is 0 Å². The zero-order valence-electron chi connectivity index (χ0n) is 14.0. The van der Waals surface area contributed by atoms with Gasteiger partial charge in [-0.2, -0.15) is 0 Å². The molecular formula is C20H23NO3. The van der Waals surface area contributed by atoms with Crippen LogP contribution in [0.25, 0.3) is 0 Å². The van der Waals surface area contributed by atoms with Gasteiger partial charge in [0, 0.05) is 0 Å². The number of aryl methyl sites for hydroxylation is 1. The Morgan fingerprint density at radius 3 is 2.67 bits per heavy atom. The van der Waals surface area contributed by atoms with Crippen molar-refractivity contribution in [1.29, 1.82) is 0 Å². The van der Waals surface area contributed by atoms with E-state index in [1.54, 1.807) is 7.11 Å². The lowest BCUT2D eigenvalue weighted by Gasteiger charge is -2.26. The van der Waals surface area contributed by atoms with Crippen LogP contribution >= 0.6 is 0 Å². The van der Waals surface area contributed by atoms with E-state index in [0.717, 1.165) is 30.8 Å². The van der Waals surface area contributed by atoms with Gasteiger partial charge in [0.2, 0.25) is 5.91 Å². The van der Waals surface area contributed by atoms with Crippen molar-refractivity contribution in [3.63, 3.8) is 0 Å². The predicted molar refractivity (Wildman–Crippen MR) is 93.4 cm³/mol. The van der Waals surface area contributed by atoms with Crippen molar-refractivity contribution in [2.24, 2.45) is 0 Å².